The first-order chi connectivity index (χ1) is 16.0. The SMILES string of the molecule is CC(=O)O[C@H]1CC[C@@]2(C)[C@@H](CC[C@@H]3[C@@H]2CC[C@]2(C)[C@@H]4[C@H](C[C@]32N)O[C@]2(CC[C@@H](C)CO2)[C@H]4C)C1. The molecule has 0 radical (unpaired) electrons. The van der Waals surface area contributed by atoms with Gasteiger partial charge in [0, 0.05) is 30.7 Å². The molecule has 192 valence electrons. The second-order valence-corrected chi connectivity index (χ2v) is 13.9. The minimum absolute atomic E-state index is 0.113. The van der Waals surface area contributed by atoms with Crippen LogP contribution in [0.15, 0.2) is 0 Å². The number of ether oxygens (including phenoxy) is 3. The van der Waals surface area contributed by atoms with Crippen molar-refractivity contribution in [3.63, 3.8) is 0 Å². The van der Waals surface area contributed by atoms with Crippen molar-refractivity contribution in [3.05, 3.63) is 0 Å². The molecule has 0 aromatic rings. The van der Waals surface area contributed by atoms with E-state index >= 15 is 0 Å². The first-order valence-corrected chi connectivity index (χ1v) is 14.3. The summed E-state index contributed by atoms with van der Waals surface area (Å²) in [5.74, 6) is 2.93. The van der Waals surface area contributed by atoms with Gasteiger partial charge in [0.15, 0.2) is 5.79 Å². The van der Waals surface area contributed by atoms with Gasteiger partial charge in [-0.1, -0.05) is 27.7 Å². The molecule has 6 rings (SSSR count). The van der Waals surface area contributed by atoms with Crippen LogP contribution in [-0.4, -0.2) is 36.1 Å². The van der Waals surface area contributed by atoms with Crippen LogP contribution < -0.4 is 5.73 Å². The van der Waals surface area contributed by atoms with Gasteiger partial charge in [0.1, 0.15) is 6.10 Å². The van der Waals surface area contributed by atoms with Gasteiger partial charge in [-0.15, -0.1) is 0 Å². The molecule has 2 aliphatic heterocycles. The van der Waals surface area contributed by atoms with Crippen LogP contribution in [0, 0.1) is 46.3 Å². The number of hydrogen-bond acceptors (Lipinski definition) is 5. The minimum Gasteiger partial charge on any atom is -0.463 e. The third-order valence-electron chi connectivity index (χ3n) is 12.5. The van der Waals surface area contributed by atoms with Gasteiger partial charge in [0.25, 0.3) is 0 Å². The Morgan fingerprint density at radius 2 is 1.79 bits per heavy atom. The molecule has 5 heteroatoms. The van der Waals surface area contributed by atoms with Gasteiger partial charge >= 0.3 is 5.97 Å². The smallest absolute Gasteiger partial charge is 0.302 e. The summed E-state index contributed by atoms with van der Waals surface area (Å²) < 4.78 is 19.0. The highest BCUT2D eigenvalue weighted by Crippen LogP contribution is 2.72. The van der Waals surface area contributed by atoms with Gasteiger partial charge < -0.3 is 19.9 Å². The lowest BCUT2D eigenvalue weighted by Crippen LogP contribution is -2.67. The van der Waals surface area contributed by atoms with Gasteiger partial charge in [-0.05, 0) is 92.3 Å². The zero-order valence-corrected chi connectivity index (χ0v) is 22.1. The number of rotatable bonds is 1. The molecule has 2 saturated heterocycles. The van der Waals surface area contributed by atoms with E-state index in [-0.39, 0.29) is 34.9 Å². The van der Waals surface area contributed by atoms with Crippen molar-refractivity contribution in [2.24, 2.45) is 52.1 Å². The van der Waals surface area contributed by atoms with Gasteiger partial charge in [-0.3, -0.25) is 4.79 Å². The van der Waals surface area contributed by atoms with E-state index in [0.29, 0.717) is 40.9 Å². The lowest BCUT2D eigenvalue weighted by atomic mass is 9.42. The Kier molecular flexibility index (Phi) is 5.36. The highest BCUT2D eigenvalue weighted by Gasteiger charge is 2.73. The van der Waals surface area contributed by atoms with Crippen LogP contribution >= 0.6 is 0 Å². The fraction of sp³-hybridized carbons (Fsp3) is 0.966. The maximum atomic E-state index is 11.6. The summed E-state index contributed by atoms with van der Waals surface area (Å²) >= 11 is 0. The van der Waals surface area contributed by atoms with Crippen molar-refractivity contribution >= 4 is 5.97 Å². The van der Waals surface area contributed by atoms with E-state index in [1.807, 2.05) is 0 Å². The number of carbonyl (C=O) groups excluding carboxylic acids is 1. The predicted octanol–water partition coefficient (Wildman–Crippen LogP) is 5.45. The third-order valence-corrected chi connectivity index (χ3v) is 12.5. The summed E-state index contributed by atoms with van der Waals surface area (Å²) in [6.07, 6.45) is 11.7. The molecule has 0 amide bonds. The van der Waals surface area contributed by atoms with Gasteiger partial charge in [-0.25, -0.2) is 0 Å². The average molecular weight is 474 g/mol. The van der Waals surface area contributed by atoms with E-state index < -0.39 is 0 Å². The molecule has 34 heavy (non-hydrogen) atoms. The first kappa shape index (κ1) is 23.7. The molecule has 0 unspecified atom stereocenters. The molecule has 6 fully saturated rings. The second-order valence-electron chi connectivity index (χ2n) is 13.9. The van der Waals surface area contributed by atoms with Crippen molar-refractivity contribution < 1.29 is 19.0 Å². The Morgan fingerprint density at radius 3 is 2.50 bits per heavy atom. The maximum Gasteiger partial charge on any atom is 0.302 e. The molecule has 0 aromatic heterocycles. The Morgan fingerprint density at radius 1 is 1.00 bits per heavy atom. The fourth-order valence-corrected chi connectivity index (χ4v) is 10.7. The second kappa shape index (κ2) is 7.68. The molecule has 2 heterocycles. The van der Waals surface area contributed by atoms with Crippen molar-refractivity contribution in [1.29, 1.82) is 0 Å². The highest BCUT2D eigenvalue weighted by molar-refractivity contribution is 5.66. The Hall–Kier alpha value is -0.650. The predicted molar refractivity (Wildman–Crippen MR) is 131 cm³/mol. The number of nitrogens with two attached hydrogens (primary N) is 1. The standard InChI is InChI=1S/C29H47NO4/c1-17-8-13-29(32-16-17)18(2)25-24(34-29)15-28(30)23-7-6-20-14-21(33-19(3)31)9-11-26(20,4)22(23)10-12-27(25,28)5/h17-18,20-25H,6-16,30H2,1-5H3/t17-,18+,20+,21+,22+,23-,24+,25+,26+,27-,28+,29-/m1/s1. The van der Waals surface area contributed by atoms with E-state index in [4.69, 9.17) is 19.9 Å². The summed E-state index contributed by atoms with van der Waals surface area (Å²) in [4.78, 5) is 11.6. The lowest BCUT2D eigenvalue weighted by Gasteiger charge is -2.64. The van der Waals surface area contributed by atoms with E-state index in [1.54, 1.807) is 6.92 Å². The Balaban J connectivity index is 1.25. The van der Waals surface area contributed by atoms with Crippen LogP contribution in [0.5, 0.6) is 0 Å². The van der Waals surface area contributed by atoms with Crippen LogP contribution in [0.2, 0.25) is 0 Å². The molecule has 12 atom stereocenters. The van der Waals surface area contributed by atoms with Crippen LogP contribution in [-0.2, 0) is 19.0 Å². The molecular formula is C29H47NO4. The number of esters is 1. The number of hydrogen-bond donors (Lipinski definition) is 1. The largest absolute Gasteiger partial charge is 0.463 e. The normalized spacial score (nSPS) is 58.5. The molecule has 0 aromatic carbocycles. The average Bonchev–Trinajstić information content (AvgIpc) is 3.17. The molecule has 6 aliphatic rings. The van der Waals surface area contributed by atoms with Crippen molar-refractivity contribution in [3.8, 4) is 0 Å². The Labute approximate surface area is 206 Å². The summed E-state index contributed by atoms with van der Waals surface area (Å²) in [5.41, 5.74) is 7.92. The molecule has 5 nitrogen and oxygen atoms in total. The van der Waals surface area contributed by atoms with Crippen LogP contribution in [0.25, 0.3) is 0 Å². The van der Waals surface area contributed by atoms with Gasteiger partial charge in [-0.2, -0.15) is 0 Å². The van der Waals surface area contributed by atoms with E-state index in [1.165, 1.54) is 38.5 Å². The van der Waals surface area contributed by atoms with Crippen molar-refractivity contribution in [1.82, 2.24) is 0 Å². The molecular weight excluding hydrogens is 426 g/mol. The fourth-order valence-electron chi connectivity index (χ4n) is 10.7. The Bertz CT molecular complexity index is 838. The topological polar surface area (TPSA) is 70.8 Å². The zero-order chi connectivity index (χ0) is 24.1. The summed E-state index contributed by atoms with van der Waals surface area (Å²) in [6.45, 7) is 12.1. The molecule has 1 spiro atoms. The summed E-state index contributed by atoms with van der Waals surface area (Å²) in [5, 5.41) is 0. The van der Waals surface area contributed by atoms with Crippen molar-refractivity contribution in [2.45, 2.75) is 122 Å². The highest BCUT2D eigenvalue weighted by atomic mass is 16.7. The monoisotopic (exact) mass is 473 g/mol. The molecule has 4 aliphatic carbocycles. The number of fused-ring (bicyclic) bond motifs is 7. The zero-order valence-electron chi connectivity index (χ0n) is 22.1. The van der Waals surface area contributed by atoms with Crippen LogP contribution in [0.1, 0.15) is 98.8 Å². The van der Waals surface area contributed by atoms with Crippen LogP contribution in [0.4, 0.5) is 0 Å². The third kappa shape index (κ3) is 3.05. The molecule has 4 saturated carbocycles. The van der Waals surface area contributed by atoms with Crippen molar-refractivity contribution in [2.75, 3.05) is 6.61 Å². The van der Waals surface area contributed by atoms with Gasteiger partial charge in [0.05, 0.1) is 12.7 Å². The van der Waals surface area contributed by atoms with E-state index in [9.17, 15) is 4.79 Å². The quantitative estimate of drug-likeness (QED) is 0.513. The molecule has 2 N–H and O–H groups in total. The lowest BCUT2D eigenvalue weighted by molar-refractivity contribution is -0.273. The van der Waals surface area contributed by atoms with Gasteiger partial charge in [0.2, 0.25) is 0 Å². The number of carbonyl (C=O) groups is 1. The maximum absolute atomic E-state index is 11.6. The van der Waals surface area contributed by atoms with E-state index in [0.717, 1.165) is 32.3 Å². The summed E-state index contributed by atoms with van der Waals surface area (Å²) in [7, 11) is 0. The summed E-state index contributed by atoms with van der Waals surface area (Å²) in [6, 6.07) is 0. The minimum atomic E-state index is -0.373. The first-order valence-electron chi connectivity index (χ1n) is 14.3. The van der Waals surface area contributed by atoms with Crippen LogP contribution in [0.3, 0.4) is 0 Å². The van der Waals surface area contributed by atoms with E-state index in [2.05, 4.69) is 27.7 Å². The molecule has 0 bridgehead atoms.